The number of amides is 3. The maximum absolute atomic E-state index is 12.2. The molecule has 5 rings (SSSR count). The van der Waals surface area contributed by atoms with Gasteiger partial charge in [-0.05, 0) is 0 Å². The van der Waals surface area contributed by atoms with Crippen molar-refractivity contribution in [2.75, 3.05) is 26.3 Å². The first-order chi connectivity index (χ1) is 18.6. The molecule has 1 fully saturated rings. The molecular formula is C18H19N13O8. The van der Waals surface area contributed by atoms with E-state index < -0.39 is 35.7 Å². The topological polar surface area (TPSA) is 283 Å². The number of rotatable bonds is 6. The van der Waals surface area contributed by atoms with Crippen molar-refractivity contribution < 1.29 is 29.0 Å². The zero-order chi connectivity index (χ0) is 28.3. The van der Waals surface area contributed by atoms with Crippen LogP contribution in [0.1, 0.15) is 21.0 Å². The van der Waals surface area contributed by atoms with E-state index in [2.05, 4.69) is 30.6 Å². The number of nitrogens with two attached hydrogens (primary N) is 2. The van der Waals surface area contributed by atoms with Crippen molar-refractivity contribution in [3.63, 3.8) is 0 Å². The Morgan fingerprint density at radius 2 is 1.28 bits per heavy atom. The van der Waals surface area contributed by atoms with Crippen LogP contribution in [0, 0.1) is 0 Å². The molecule has 21 nitrogen and oxygen atoms in total. The van der Waals surface area contributed by atoms with E-state index in [0.717, 1.165) is 26.1 Å². The molecule has 5 N–H and O–H groups in total. The Bertz CT molecular complexity index is 1710. The number of morpholine rings is 1. The predicted octanol–water partition coefficient (Wildman–Crippen LogP) is -5.29. The third-order valence-corrected chi connectivity index (χ3v) is 5.23. The van der Waals surface area contributed by atoms with Gasteiger partial charge in [0.15, 0.2) is 22.7 Å². The summed E-state index contributed by atoms with van der Waals surface area (Å²) in [5, 5.41) is 22.8. The first-order valence-corrected chi connectivity index (χ1v) is 10.9. The quantitative estimate of drug-likeness (QED) is 0.204. The van der Waals surface area contributed by atoms with Crippen LogP contribution in [0.25, 0.3) is 11.3 Å². The normalized spacial score (nSPS) is 13.2. The second kappa shape index (κ2) is 10.8. The van der Waals surface area contributed by atoms with Gasteiger partial charge < -0.3 is 26.2 Å². The summed E-state index contributed by atoms with van der Waals surface area (Å²) in [7, 11) is 0. The molecule has 4 aromatic rings. The van der Waals surface area contributed by atoms with Crippen molar-refractivity contribution in [1.82, 2.24) is 53.7 Å². The van der Waals surface area contributed by atoms with Crippen LogP contribution in [-0.4, -0.2) is 109 Å². The number of hydrogen-bond acceptors (Lipinski definition) is 13. The van der Waals surface area contributed by atoms with Crippen molar-refractivity contribution in [2.45, 2.75) is 13.1 Å². The summed E-state index contributed by atoms with van der Waals surface area (Å²) in [6.45, 7) is 1.00. The second-order valence-corrected chi connectivity index (χ2v) is 7.75. The van der Waals surface area contributed by atoms with E-state index in [1.807, 2.05) is 0 Å². The molecule has 1 aliphatic rings. The highest BCUT2D eigenvalue weighted by molar-refractivity contribution is 5.97. The average molecular weight is 545 g/mol. The van der Waals surface area contributed by atoms with E-state index in [0.29, 0.717) is 31.0 Å². The van der Waals surface area contributed by atoms with Crippen LogP contribution in [0.3, 0.4) is 0 Å². The number of imidazole rings is 2. The van der Waals surface area contributed by atoms with Crippen molar-refractivity contribution in [3.05, 3.63) is 45.0 Å². The highest BCUT2D eigenvalue weighted by atomic mass is 16.5. The number of ether oxygens (including phenoxy) is 1. The summed E-state index contributed by atoms with van der Waals surface area (Å²) in [5.41, 5.74) is 8.27. The fraction of sp³-hybridized carbons (Fsp3) is 0.333. The summed E-state index contributed by atoms with van der Waals surface area (Å²) < 4.78 is 8.63. The predicted molar refractivity (Wildman–Crippen MR) is 122 cm³/mol. The molecule has 0 saturated carbocycles. The lowest BCUT2D eigenvalue weighted by Gasteiger charge is -2.26. The Labute approximate surface area is 214 Å². The summed E-state index contributed by atoms with van der Waals surface area (Å²) in [6, 6.07) is 0. The number of carbonyl (C=O) groups excluding carboxylic acids is 3. The number of hydrogen-bond donors (Lipinski definition) is 3. The largest absolute Gasteiger partial charge is 0.480 e. The van der Waals surface area contributed by atoms with Gasteiger partial charge in [0.2, 0.25) is 5.91 Å². The Hall–Kier alpha value is -5.60. The molecule has 4 aromatic heterocycles. The summed E-state index contributed by atoms with van der Waals surface area (Å²) in [4.78, 5) is 77.4. The first-order valence-electron chi connectivity index (χ1n) is 10.9. The lowest BCUT2D eigenvalue weighted by atomic mass is 10.4. The summed E-state index contributed by atoms with van der Waals surface area (Å²) in [6.07, 6.45) is 2.16. The minimum Gasteiger partial charge on any atom is -0.480 e. The van der Waals surface area contributed by atoms with E-state index in [1.165, 1.54) is 0 Å². The second-order valence-electron chi connectivity index (χ2n) is 7.75. The standard InChI is InChI=1S/C11H13N7O4.C7H6N6O4/c12-9(20)8-10-14-15-18(11(21)17(10)6-13-8)5-7(19)16-1-3-22-4-2-16;8-5(16)4-6-10-11-13(1-3(14)15)7(17)12(6)2-9-4/h6H,1-5H2,(H2,12,20);2H,1H2,(H2,8,16)(H,14,15). The van der Waals surface area contributed by atoms with Crippen LogP contribution >= 0.6 is 0 Å². The Morgan fingerprint density at radius 3 is 1.72 bits per heavy atom. The van der Waals surface area contributed by atoms with Gasteiger partial charge in [0.05, 0.1) is 13.2 Å². The van der Waals surface area contributed by atoms with Crippen molar-refractivity contribution >= 4 is 35.0 Å². The maximum atomic E-state index is 12.2. The Morgan fingerprint density at radius 1 is 0.821 bits per heavy atom. The van der Waals surface area contributed by atoms with Gasteiger partial charge in [0, 0.05) is 13.1 Å². The fourth-order valence-electron chi connectivity index (χ4n) is 3.39. The zero-order valence-electron chi connectivity index (χ0n) is 19.8. The first kappa shape index (κ1) is 26.5. The van der Waals surface area contributed by atoms with Crippen molar-refractivity contribution in [1.29, 1.82) is 0 Å². The van der Waals surface area contributed by atoms with E-state index in [4.69, 9.17) is 21.3 Å². The fourth-order valence-corrected chi connectivity index (χ4v) is 3.39. The van der Waals surface area contributed by atoms with Gasteiger partial charge in [-0.1, -0.05) is 10.4 Å². The van der Waals surface area contributed by atoms with Gasteiger partial charge in [0.1, 0.15) is 25.7 Å². The molecule has 0 unspecified atom stereocenters. The number of carboxylic acid groups (broad SMARTS) is 1. The van der Waals surface area contributed by atoms with E-state index in [1.54, 1.807) is 4.90 Å². The minimum absolute atomic E-state index is 0.0347. The number of carbonyl (C=O) groups is 4. The Kier molecular flexibility index (Phi) is 7.32. The van der Waals surface area contributed by atoms with E-state index in [-0.39, 0.29) is 35.1 Å². The molecule has 39 heavy (non-hydrogen) atoms. The zero-order valence-corrected chi connectivity index (χ0v) is 19.8. The summed E-state index contributed by atoms with van der Waals surface area (Å²) in [5.74, 6) is -3.15. The molecule has 0 aromatic carbocycles. The molecule has 5 heterocycles. The van der Waals surface area contributed by atoms with Crippen molar-refractivity contribution in [2.24, 2.45) is 11.5 Å². The van der Waals surface area contributed by atoms with Crippen LogP contribution in [0.4, 0.5) is 0 Å². The molecule has 21 heteroatoms. The van der Waals surface area contributed by atoms with Crippen LogP contribution in [0.2, 0.25) is 0 Å². The number of fused-ring (bicyclic) bond motifs is 2. The molecular weight excluding hydrogens is 526 g/mol. The van der Waals surface area contributed by atoms with Gasteiger partial charge in [-0.15, -0.1) is 10.2 Å². The van der Waals surface area contributed by atoms with Crippen LogP contribution in [0.5, 0.6) is 0 Å². The SMILES string of the molecule is NC(=O)c1ncn2c(=O)n(CC(=O)N3CCOCC3)nnc12.NC(=O)c1ncn2c(=O)n(CC(=O)O)nnc12. The van der Waals surface area contributed by atoms with Crippen LogP contribution in [0.15, 0.2) is 22.2 Å². The third kappa shape index (κ3) is 5.41. The molecule has 1 aliphatic heterocycles. The molecule has 0 aliphatic carbocycles. The van der Waals surface area contributed by atoms with Crippen LogP contribution < -0.4 is 22.8 Å². The monoisotopic (exact) mass is 545 g/mol. The lowest BCUT2D eigenvalue weighted by Crippen LogP contribution is -2.44. The van der Waals surface area contributed by atoms with Gasteiger partial charge >= 0.3 is 17.3 Å². The smallest absolute Gasteiger partial charge is 0.353 e. The molecule has 0 radical (unpaired) electrons. The average Bonchev–Trinajstić information content (AvgIpc) is 3.54. The number of nitrogens with zero attached hydrogens (tertiary/aromatic N) is 11. The number of carboxylic acids is 1. The molecule has 0 spiro atoms. The molecule has 0 bridgehead atoms. The van der Waals surface area contributed by atoms with Gasteiger partial charge in [-0.3, -0.25) is 19.2 Å². The number of aliphatic carboxylic acids is 1. The molecule has 3 amide bonds. The molecule has 0 atom stereocenters. The lowest BCUT2D eigenvalue weighted by molar-refractivity contribution is -0.138. The van der Waals surface area contributed by atoms with Crippen LogP contribution in [-0.2, 0) is 27.4 Å². The van der Waals surface area contributed by atoms with Gasteiger partial charge in [0.25, 0.3) is 11.8 Å². The Balaban J connectivity index is 0.000000187. The summed E-state index contributed by atoms with van der Waals surface area (Å²) >= 11 is 0. The molecule has 204 valence electrons. The third-order valence-electron chi connectivity index (χ3n) is 5.23. The van der Waals surface area contributed by atoms with Gasteiger partial charge in [-0.25, -0.2) is 28.4 Å². The van der Waals surface area contributed by atoms with E-state index >= 15 is 0 Å². The number of primary amides is 2. The van der Waals surface area contributed by atoms with Crippen molar-refractivity contribution in [3.8, 4) is 0 Å². The highest BCUT2D eigenvalue weighted by Gasteiger charge is 2.20. The minimum atomic E-state index is -1.24. The molecule has 1 saturated heterocycles. The van der Waals surface area contributed by atoms with Gasteiger partial charge in [-0.2, -0.15) is 9.36 Å². The van der Waals surface area contributed by atoms with E-state index in [9.17, 15) is 28.8 Å². The number of aromatic nitrogens is 10. The highest BCUT2D eigenvalue weighted by Crippen LogP contribution is 2.02. The maximum Gasteiger partial charge on any atom is 0.353 e.